The molecule has 8 nitrogen and oxygen atoms in total. The maximum absolute atomic E-state index is 12.6. The normalized spacial score (nSPS) is 12.5. The molecule has 0 spiro atoms. The summed E-state index contributed by atoms with van der Waals surface area (Å²) < 4.78 is 2.27. The fraction of sp³-hybridized carbons (Fsp3) is 0.588. The van der Waals surface area contributed by atoms with Gasteiger partial charge < -0.3 is 9.90 Å². The first-order chi connectivity index (χ1) is 12.3. The fourth-order valence-corrected chi connectivity index (χ4v) is 3.75. The van der Waals surface area contributed by atoms with Crippen LogP contribution in [-0.2, 0) is 25.3 Å². The molecule has 0 aliphatic carbocycles. The van der Waals surface area contributed by atoms with Crippen molar-refractivity contribution in [2.45, 2.75) is 56.2 Å². The lowest BCUT2D eigenvalue weighted by Crippen LogP contribution is -2.38. The van der Waals surface area contributed by atoms with Gasteiger partial charge in [0.2, 0.25) is 0 Å². The summed E-state index contributed by atoms with van der Waals surface area (Å²) in [6.07, 6.45) is 3.36. The van der Waals surface area contributed by atoms with Gasteiger partial charge in [0.05, 0.1) is 11.2 Å². The molecule has 0 aromatic carbocycles. The predicted molar refractivity (Wildman–Crippen MR) is 98.2 cm³/mol. The lowest BCUT2D eigenvalue weighted by atomic mass is 10.2. The van der Waals surface area contributed by atoms with E-state index in [1.165, 1.54) is 18.7 Å². The van der Waals surface area contributed by atoms with E-state index in [0.29, 0.717) is 23.7 Å². The summed E-state index contributed by atoms with van der Waals surface area (Å²) >= 11 is 1.00. The van der Waals surface area contributed by atoms with Gasteiger partial charge in [0, 0.05) is 20.5 Å². The second-order valence-corrected chi connectivity index (χ2v) is 7.36. The largest absolute Gasteiger partial charge is 0.549 e. The van der Waals surface area contributed by atoms with Gasteiger partial charge in [-0.1, -0.05) is 38.5 Å². The van der Waals surface area contributed by atoms with E-state index in [2.05, 4.69) is 9.97 Å². The number of aliphatic carboxylic acids is 1. The number of carboxylic acid groups (broad SMARTS) is 1. The number of unbranched alkanes of at least 4 members (excludes halogenated alkanes) is 1. The summed E-state index contributed by atoms with van der Waals surface area (Å²) in [5.41, 5.74) is -0.782. The Hall–Kier alpha value is -2.16. The Morgan fingerprint density at radius 2 is 1.85 bits per heavy atom. The van der Waals surface area contributed by atoms with Crippen LogP contribution in [0, 0.1) is 0 Å². The second kappa shape index (κ2) is 8.48. The van der Waals surface area contributed by atoms with Gasteiger partial charge >= 0.3 is 5.69 Å². The zero-order valence-corrected chi connectivity index (χ0v) is 16.3. The molecule has 2 rings (SSSR count). The van der Waals surface area contributed by atoms with Crippen LogP contribution in [0.25, 0.3) is 11.0 Å². The van der Waals surface area contributed by atoms with Crippen LogP contribution in [0.4, 0.5) is 0 Å². The number of thioether (sulfide) groups is 1. The highest BCUT2D eigenvalue weighted by Gasteiger charge is 2.21. The molecule has 142 valence electrons. The van der Waals surface area contributed by atoms with Crippen molar-refractivity contribution in [2.24, 2.45) is 14.1 Å². The Morgan fingerprint density at radius 3 is 2.42 bits per heavy atom. The van der Waals surface area contributed by atoms with E-state index in [-0.39, 0.29) is 11.0 Å². The van der Waals surface area contributed by atoms with Crippen molar-refractivity contribution < 1.29 is 9.90 Å². The molecule has 0 saturated carbocycles. The minimum Gasteiger partial charge on any atom is -0.549 e. The van der Waals surface area contributed by atoms with Gasteiger partial charge in [-0.15, -0.1) is 0 Å². The lowest BCUT2D eigenvalue weighted by molar-refractivity contribution is -0.304. The number of hydrogen-bond donors (Lipinski definition) is 0. The highest BCUT2D eigenvalue weighted by atomic mass is 32.2. The molecule has 2 heterocycles. The van der Waals surface area contributed by atoms with Crippen molar-refractivity contribution in [3.63, 3.8) is 0 Å². The maximum Gasteiger partial charge on any atom is 0.332 e. The molecule has 0 N–H and O–H groups in total. The molecule has 0 aliphatic rings. The number of hydrogen-bond acceptors (Lipinski definition) is 7. The summed E-state index contributed by atoms with van der Waals surface area (Å²) in [7, 11) is 2.92. The molecule has 2 aromatic heterocycles. The second-order valence-electron chi connectivity index (χ2n) is 6.17. The smallest absolute Gasteiger partial charge is 0.332 e. The van der Waals surface area contributed by atoms with Crippen LogP contribution in [0.2, 0.25) is 0 Å². The number of carbonyl (C=O) groups is 1. The number of aromatic nitrogens is 4. The number of carboxylic acids is 1. The third-order valence-corrected chi connectivity index (χ3v) is 5.35. The third-order valence-electron chi connectivity index (χ3n) is 4.12. The predicted octanol–water partition coefficient (Wildman–Crippen LogP) is 0.381. The highest BCUT2D eigenvalue weighted by molar-refractivity contribution is 8.00. The summed E-state index contributed by atoms with van der Waals surface area (Å²) in [4.78, 5) is 45.2. The standard InChI is InChI=1S/C17H24N4O4S/c1-5-7-9-10(16(23)24)26-14-12-13(18-11(19-14)8-6-2)20(3)17(25)21(4)15(12)22/h10H,5-9H2,1-4H3,(H,23,24)/p-1/t10-/m1/s1. The van der Waals surface area contributed by atoms with E-state index in [9.17, 15) is 19.5 Å². The third kappa shape index (κ3) is 3.98. The van der Waals surface area contributed by atoms with Gasteiger partial charge in [0.25, 0.3) is 5.56 Å². The molecule has 0 unspecified atom stereocenters. The van der Waals surface area contributed by atoms with Gasteiger partial charge in [-0.25, -0.2) is 14.8 Å². The Bertz CT molecular complexity index is 935. The number of fused-ring (bicyclic) bond motifs is 1. The summed E-state index contributed by atoms with van der Waals surface area (Å²) in [6.45, 7) is 3.94. The summed E-state index contributed by atoms with van der Waals surface area (Å²) in [5.74, 6) is -0.702. The molecular formula is C17H23N4O4S-. The van der Waals surface area contributed by atoms with Crippen LogP contribution in [0.3, 0.4) is 0 Å². The molecule has 0 fully saturated rings. The van der Waals surface area contributed by atoms with Crippen molar-refractivity contribution in [3.05, 3.63) is 26.7 Å². The van der Waals surface area contributed by atoms with Crippen LogP contribution >= 0.6 is 11.8 Å². The number of nitrogens with zero attached hydrogens (tertiary/aromatic N) is 4. The van der Waals surface area contributed by atoms with Crippen molar-refractivity contribution in [3.8, 4) is 0 Å². The average Bonchev–Trinajstić information content (AvgIpc) is 2.61. The Labute approximate surface area is 155 Å². The van der Waals surface area contributed by atoms with Crippen molar-refractivity contribution >= 4 is 28.8 Å². The van der Waals surface area contributed by atoms with Gasteiger partial charge in [-0.3, -0.25) is 13.9 Å². The zero-order valence-electron chi connectivity index (χ0n) is 15.4. The molecule has 0 amide bonds. The van der Waals surface area contributed by atoms with Crippen LogP contribution in [0.15, 0.2) is 14.6 Å². The average molecular weight is 379 g/mol. The van der Waals surface area contributed by atoms with E-state index in [0.717, 1.165) is 35.6 Å². The topological polar surface area (TPSA) is 110 Å². The molecule has 1 atom stereocenters. The number of carbonyl (C=O) groups excluding carboxylic acids is 1. The van der Waals surface area contributed by atoms with Crippen LogP contribution in [0.5, 0.6) is 0 Å². The minimum atomic E-state index is -1.19. The quantitative estimate of drug-likeness (QED) is 0.482. The van der Waals surface area contributed by atoms with Crippen molar-refractivity contribution in [2.75, 3.05) is 0 Å². The van der Waals surface area contributed by atoms with Crippen molar-refractivity contribution in [1.29, 1.82) is 0 Å². The van der Waals surface area contributed by atoms with E-state index in [1.807, 2.05) is 13.8 Å². The van der Waals surface area contributed by atoms with Gasteiger partial charge in [-0.05, 0) is 12.8 Å². The molecule has 26 heavy (non-hydrogen) atoms. The minimum absolute atomic E-state index is 0.169. The lowest BCUT2D eigenvalue weighted by Gasteiger charge is -2.18. The monoisotopic (exact) mass is 379 g/mol. The first-order valence-corrected chi connectivity index (χ1v) is 9.53. The highest BCUT2D eigenvalue weighted by Crippen LogP contribution is 2.29. The van der Waals surface area contributed by atoms with Gasteiger partial charge in [0.1, 0.15) is 16.2 Å². The summed E-state index contributed by atoms with van der Waals surface area (Å²) in [5, 5.41) is 11.2. The van der Waals surface area contributed by atoms with E-state index >= 15 is 0 Å². The molecule has 2 aromatic rings. The van der Waals surface area contributed by atoms with Crippen molar-refractivity contribution in [1.82, 2.24) is 19.1 Å². The molecular weight excluding hydrogens is 356 g/mol. The summed E-state index contributed by atoms with van der Waals surface area (Å²) in [6, 6.07) is 0. The molecule has 9 heteroatoms. The molecule has 0 aliphatic heterocycles. The Kier molecular flexibility index (Phi) is 6.57. The molecule has 0 radical (unpaired) electrons. The van der Waals surface area contributed by atoms with E-state index in [1.54, 1.807) is 0 Å². The SMILES string of the molecule is CCCC[C@@H](Sc1nc(CCC)nc2c1c(=O)n(C)c(=O)n2C)C(=O)[O-]. The zero-order chi connectivity index (χ0) is 19.4. The molecule has 0 saturated heterocycles. The molecule has 0 bridgehead atoms. The van der Waals surface area contributed by atoms with Gasteiger partial charge in [-0.2, -0.15) is 0 Å². The van der Waals surface area contributed by atoms with Crippen LogP contribution in [0.1, 0.15) is 45.4 Å². The number of aryl methyl sites for hydroxylation is 2. The van der Waals surface area contributed by atoms with Gasteiger partial charge in [0.15, 0.2) is 5.65 Å². The van der Waals surface area contributed by atoms with E-state index < -0.39 is 22.5 Å². The maximum atomic E-state index is 12.6. The number of rotatable bonds is 8. The Balaban J connectivity index is 2.71. The van der Waals surface area contributed by atoms with Crippen LogP contribution in [-0.4, -0.2) is 30.3 Å². The fourth-order valence-electron chi connectivity index (χ4n) is 2.64. The first kappa shape index (κ1) is 20.2. The van der Waals surface area contributed by atoms with E-state index in [4.69, 9.17) is 0 Å². The Morgan fingerprint density at radius 1 is 1.15 bits per heavy atom. The van der Waals surface area contributed by atoms with Crippen LogP contribution < -0.4 is 16.4 Å². The first-order valence-electron chi connectivity index (χ1n) is 8.65.